The Morgan fingerprint density at radius 2 is 1.90 bits per heavy atom. The minimum Gasteiger partial charge on any atom is -0.395 e. The highest BCUT2D eigenvalue weighted by Crippen LogP contribution is 2.20. The summed E-state index contributed by atoms with van der Waals surface area (Å²) in [5, 5.41) is 11.6. The number of carbonyl (C=O) groups excluding carboxylic acids is 1. The SMILES string of the molecule is Cc1cc(NC(=O)c2ccc(NS(=O)(=O)CCO)cc2)nc(N2CCOCC2)c1. The molecule has 0 bridgehead atoms. The number of anilines is 3. The molecule has 0 aliphatic carbocycles. The minimum atomic E-state index is -3.61. The molecule has 0 radical (unpaired) electrons. The van der Waals surface area contributed by atoms with Gasteiger partial charge in [-0.1, -0.05) is 0 Å². The van der Waals surface area contributed by atoms with E-state index in [9.17, 15) is 13.2 Å². The van der Waals surface area contributed by atoms with Crippen molar-refractivity contribution in [3.63, 3.8) is 0 Å². The second-order valence-corrected chi connectivity index (χ2v) is 8.51. The number of ether oxygens (including phenoxy) is 1. The molecule has 9 nitrogen and oxygen atoms in total. The fraction of sp³-hybridized carbons (Fsp3) is 0.368. The van der Waals surface area contributed by atoms with E-state index in [1.165, 1.54) is 24.3 Å². The monoisotopic (exact) mass is 420 g/mol. The van der Waals surface area contributed by atoms with E-state index in [0.717, 1.165) is 24.5 Å². The molecule has 156 valence electrons. The maximum absolute atomic E-state index is 12.6. The van der Waals surface area contributed by atoms with Gasteiger partial charge in [-0.05, 0) is 48.9 Å². The molecular weight excluding hydrogens is 396 g/mol. The van der Waals surface area contributed by atoms with Gasteiger partial charge in [-0.15, -0.1) is 0 Å². The fourth-order valence-corrected chi connectivity index (χ4v) is 3.73. The molecule has 3 rings (SSSR count). The van der Waals surface area contributed by atoms with Crippen molar-refractivity contribution in [1.82, 2.24) is 4.98 Å². The van der Waals surface area contributed by atoms with E-state index in [-0.39, 0.29) is 11.7 Å². The molecule has 1 aliphatic rings. The normalized spacial score (nSPS) is 14.5. The van der Waals surface area contributed by atoms with Crippen molar-refractivity contribution in [2.24, 2.45) is 0 Å². The van der Waals surface area contributed by atoms with Crippen LogP contribution in [0.1, 0.15) is 15.9 Å². The van der Waals surface area contributed by atoms with Gasteiger partial charge in [0.05, 0.1) is 25.6 Å². The number of nitrogens with one attached hydrogen (secondary N) is 2. The number of benzene rings is 1. The smallest absolute Gasteiger partial charge is 0.256 e. The number of rotatable bonds is 7. The molecule has 1 amide bonds. The molecule has 1 aliphatic heterocycles. The number of aromatic nitrogens is 1. The standard InChI is InChI=1S/C19H24N4O5S/c1-14-12-17(20-18(13-14)23-6-9-28-10-7-23)21-19(25)15-2-4-16(5-3-15)22-29(26,27)11-8-24/h2-5,12-13,22,24H,6-11H2,1H3,(H,20,21,25). The first-order chi connectivity index (χ1) is 13.9. The zero-order chi connectivity index (χ0) is 20.9. The van der Waals surface area contributed by atoms with Crippen molar-refractivity contribution in [3.05, 3.63) is 47.5 Å². The van der Waals surface area contributed by atoms with Crippen LogP contribution >= 0.6 is 0 Å². The highest BCUT2D eigenvalue weighted by Gasteiger charge is 2.15. The van der Waals surface area contributed by atoms with Gasteiger partial charge < -0.3 is 20.1 Å². The van der Waals surface area contributed by atoms with E-state index in [0.29, 0.717) is 30.3 Å². The van der Waals surface area contributed by atoms with Gasteiger partial charge in [-0.3, -0.25) is 9.52 Å². The highest BCUT2D eigenvalue weighted by atomic mass is 32.2. The van der Waals surface area contributed by atoms with Crippen LogP contribution in [0, 0.1) is 6.92 Å². The molecule has 1 fully saturated rings. The average molecular weight is 420 g/mol. The Kier molecular flexibility index (Phi) is 6.68. The third-order valence-corrected chi connectivity index (χ3v) is 5.58. The Bertz CT molecular complexity index is 957. The van der Waals surface area contributed by atoms with Crippen LogP contribution in [0.25, 0.3) is 0 Å². The van der Waals surface area contributed by atoms with Gasteiger partial charge in [-0.2, -0.15) is 0 Å². The van der Waals surface area contributed by atoms with Gasteiger partial charge in [-0.25, -0.2) is 13.4 Å². The zero-order valence-electron chi connectivity index (χ0n) is 16.1. The first-order valence-corrected chi connectivity index (χ1v) is 10.9. The molecule has 0 unspecified atom stereocenters. The molecule has 2 aromatic rings. The van der Waals surface area contributed by atoms with Gasteiger partial charge >= 0.3 is 0 Å². The van der Waals surface area contributed by atoms with Gasteiger partial charge in [0.15, 0.2) is 0 Å². The molecule has 0 spiro atoms. The Labute approximate surface area is 169 Å². The van der Waals surface area contributed by atoms with Crippen molar-refractivity contribution in [2.75, 3.05) is 53.6 Å². The Morgan fingerprint density at radius 1 is 1.21 bits per heavy atom. The summed E-state index contributed by atoms with van der Waals surface area (Å²) in [4.78, 5) is 19.2. The van der Waals surface area contributed by atoms with Crippen molar-refractivity contribution >= 4 is 33.3 Å². The fourth-order valence-electron chi connectivity index (χ4n) is 2.90. The largest absolute Gasteiger partial charge is 0.395 e. The lowest BCUT2D eigenvalue weighted by Crippen LogP contribution is -2.36. The Balaban J connectivity index is 1.69. The second-order valence-electron chi connectivity index (χ2n) is 6.66. The maximum atomic E-state index is 12.6. The second kappa shape index (κ2) is 9.21. The quantitative estimate of drug-likeness (QED) is 0.616. The van der Waals surface area contributed by atoms with Gasteiger partial charge in [0.25, 0.3) is 5.91 Å². The third kappa shape index (κ3) is 5.89. The highest BCUT2D eigenvalue weighted by molar-refractivity contribution is 7.92. The van der Waals surface area contributed by atoms with Crippen LogP contribution in [0.4, 0.5) is 17.3 Å². The van der Waals surface area contributed by atoms with Crippen LogP contribution in [-0.4, -0.2) is 63.1 Å². The van der Waals surface area contributed by atoms with Gasteiger partial charge in [0.2, 0.25) is 10.0 Å². The lowest BCUT2D eigenvalue weighted by atomic mass is 10.2. The lowest BCUT2D eigenvalue weighted by molar-refractivity contribution is 0.102. The van der Waals surface area contributed by atoms with Gasteiger partial charge in [0.1, 0.15) is 11.6 Å². The van der Waals surface area contributed by atoms with Crippen LogP contribution in [0.5, 0.6) is 0 Å². The van der Waals surface area contributed by atoms with E-state index >= 15 is 0 Å². The zero-order valence-corrected chi connectivity index (χ0v) is 16.9. The maximum Gasteiger partial charge on any atom is 0.256 e. The number of amides is 1. The van der Waals surface area contributed by atoms with Crippen LogP contribution in [0.3, 0.4) is 0 Å². The molecule has 0 saturated carbocycles. The summed E-state index contributed by atoms with van der Waals surface area (Å²) >= 11 is 0. The van der Waals surface area contributed by atoms with E-state index in [2.05, 4.69) is 19.9 Å². The molecule has 10 heteroatoms. The van der Waals surface area contributed by atoms with Crippen LogP contribution in [-0.2, 0) is 14.8 Å². The molecule has 1 aromatic carbocycles. The van der Waals surface area contributed by atoms with Crippen LogP contribution in [0.2, 0.25) is 0 Å². The number of nitrogens with zero attached hydrogens (tertiary/aromatic N) is 2. The van der Waals surface area contributed by atoms with E-state index in [4.69, 9.17) is 9.84 Å². The van der Waals surface area contributed by atoms with E-state index in [1.807, 2.05) is 13.0 Å². The minimum absolute atomic E-state index is 0.318. The number of hydrogen-bond acceptors (Lipinski definition) is 7. The van der Waals surface area contributed by atoms with Crippen LogP contribution in [0.15, 0.2) is 36.4 Å². The van der Waals surface area contributed by atoms with E-state index in [1.54, 1.807) is 6.07 Å². The number of aliphatic hydroxyl groups excluding tert-OH is 1. The number of sulfonamides is 1. The summed E-state index contributed by atoms with van der Waals surface area (Å²) in [5.41, 5.74) is 1.66. The molecular formula is C19H24N4O5S. The Hall–Kier alpha value is -2.69. The van der Waals surface area contributed by atoms with Crippen molar-refractivity contribution < 1.29 is 23.1 Å². The van der Waals surface area contributed by atoms with E-state index < -0.39 is 16.6 Å². The lowest BCUT2D eigenvalue weighted by Gasteiger charge is -2.28. The van der Waals surface area contributed by atoms with Crippen LogP contribution < -0.4 is 14.9 Å². The summed E-state index contributed by atoms with van der Waals surface area (Å²) in [7, 11) is -3.61. The number of aliphatic hydroxyl groups is 1. The predicted octanol–water partition coefficient (Wildman–Crippen LogP) is 1.21. The van der Waals surface area contributed by atoms with Crippen molar-refractivity contribution in [2.45, 2.75) is 6.92 Å². The number of pyridine rings is 1. The summed E-state index contributed by atoms with van der Waals surface area (Å²) < 4.78 is 31.1. The summed E-state index contributed by atoms with van der Waals surface area (Å²) in [6, 6.07) is 9.78. The summed E-state index contributed by atoms with van der Waals surface area (Å²) in [6.45, 7) is 4.26. The summed E-state index contributed by atoms with van der Waals surface area (Å²) in [6.07, 6.45) is 0. The van der Waals surface area contributed by atoms with Gasteiger partial charge in [0, 0.05) is 24.3 Å². The molecule has 1 aromatic heterocycles. The van der Waals surface area contributed by atoms with Crippen molar-refractivity contribution in [3.8, 4) is 0 Å². The average Bonchev–Trinajstić information content (AvgIpc) is 2.68. The topological polar surface area (TPSA) is 121 Å². The first-order valence-electron chi connectivity index (χ1n) is 9.20. The number of morpholine rings is 1. The summed E-state index contributed by atoms with van der Waals surface area (Å²) in [5.74, 6) is 0.502. The first kappa shape index (κ1) is 21.0. The molecule has 0 atom stereocenters. The molecule has 29 heavy (non-hydrogen) atoms. The number of carbonyl (C=O) groups is 1. The van der Waals surface area contributed by atoms with Crippen molar-refractivity contribution in [1.29, 1.82) is 0 Å². The number of aryl methyl sites for hydroxylation is 1. The number of hydrogen-bond donors (Lipinski definition) is 3. The predicted molar refractivity (Wildman–Crippen MR) is 111 cm³/mol. The third-order valence-electron chi connectivity index (χ3n) is 4.31. The Morgan fingerprint density at radius 3 is 2.55 bits per heavy atom. The molecule has 3 N–H and O–H groups in total. The molecule has 2 heterocycles. The molecule has 1 saturated heterocycles.